The van der Waals surface area contributed by atoms with E-state index in [1.165, 1.54) is 12.8 Å². The fraction of sp³-hybridized carbons (Fsp3) is 0.611. The minimum atomic E-state index is 0.0479. The van der Waals surface area contributed by atoms with Crippen LogP contribution in [-0.4, -0.2) is 43.1 Å². The highest BCUT2D eigenvalue weighted by Gasteiger charge is 2.29. The Kier molecular flexibility index (Phi) is 5.83. The highest BCUT2D eigenvalue weighted by molar-refractivity contribution is 5.76. The van der Waals surface area contributed by atoms with Crippen molar-refractivity contribution in [2.45, 2.75) is 45.1 Å². The first kappa shape index (κ1) is 16.8. The monoisotopic (exact) mass is 304 g/mol. The molecule has 1 aliphatic rings. The van der Waals surface area contributed by atoms with E-state index >= 15 is 0 Å². The lowest BCUT2D eigenvalue weighted by atomic mass is 10.0. The summed E-state index contributed by atoms with van der Waals surface area (Å²) in [5.74, 6) is 0.976. The van der Waals surface area contributed by atoms with Crippen LogP contribution < -0.4 is 10.1 Å². The number of ether oxygens (including phenoxy) is 1. The Hall–Kier alpha value is -1.55. The van der Waals surface area contributed by atoms with E-state index in [4.69, 9.17) is 4.74 Å². The lowest BCUT2D eigenvalue weighted by Crippen LogP contribution is -2.50. The minimum absolute atomic E-state index is 0.0479. The number of nitrogens with one attached hydrogen (secondary N) is 1. The van der Waals surface area contributed by atoms with E-state index in [9.17, 15) is 4.79 Å². The highest BCUT2D eigenvalue weighted by Crippen LogP contribution is 2.20. The maximum Gasteiger partial charge on any atom is 0.220 e. The summed E-state index contributed by atoms with van der Waals surface area (Å²) < 4.78 is 5.14. The summed E-state index contributed by atoms with van der Waals surface area (Å²) in [6.45, 7) is 7.43. The number of likely N-dealkylation sites (tertiary alicyclic amines) is 1. The van der Waals surface area contributed by atoms with Crippen molar-refractivity contribution in [3.8, 4) is 5.75 Å². The van der Waals surface area contributed by atoms with E-state index in [1.54, 1.807) is 7.11 Å². The third kappa shape index (κ3) is 4.73. The molecule has 0 aromatic heterocycles. The first-order valence-electron chi connectivity index (χ1n) is 8.16. The van der Waals surface area contributed by atoms with E-state index in [0.29, 0.717) is 13.0 Å². The predicted octanol–water partition coefficient (Wildman–Crippen LogP) is 2.62. The van der Waals surface area contributed by atoms with Crippen molar-refractivity contribution in [3.05, 3.63) is 29.8 Å². The molecule has 1 aromatic carbocycles. The van der Waals surface area contributed by atoms with Gasteiger partial charge in [0.1, 0.15) is 5.75 Å². The molecule has 1 fully saturated rings. The summed E-state index contributed by atoms with van der Waals surface area (Å²) in [6.07, 6.45) is 3.84. The van der Waals surface area contributed by atoms with Gasteiger partial charge < -0.3 is 10.1 Å². The fourth-order valence-electron chi connectivity index (χ4n) is 2.89. The molecule has 4 heteroatoms. The van der Waals surface area contributed by atoms with Gasteiger partial charge in [-0.15, -0.1) is 0 Å². The molecule has 22 heavy (non-hydrogen) atoms. The Morgan fingerprint density at radius 1 is 1.23 bits per heavy atom. The zero-order valence-corrected chi connectivity index (χ0v) is 14.0. The minimum Gasteiger partial charge on any atom is -0.497 e. The second kappa shape index (κ2) is 7.63. The number of hydrogen-bond acceptors (Lipinski definition) is 3. The van der Waals surface area contributed by atoms with E-state index in [-0.39, 0.29) is 11.4 Å². The Labute approximate surface area is 133 Å². The van der Waals surface area contributed by atoms with Gasteiger partial charge in [0.05, 0.1) is 7.11 Å². The Morgan fingerprint density at radius 3 is 2.45 bits per heavy atom. The lowest BCUT2D eigenvalue weighted by Gasteiger charge is -2.35. The van der Waals surface area contributed by atoms with Crippen LogP contribution in [0, 0.1) is 0 Å². The molecule has 0 spiro atoms. The maximum atomic E-state index is 12.0. The van der Waals surface area contributed by atoms with Crippen LogP contribution in [0.5, 0.6) is 5.75 Å². The van der Waals surface area contributed by atoms with Crippen molar-refractivity contribution in [3.63, 3.8) is 0 Å². The molecule has 0 atom stereocenters. The van der Waals surface area contributed by atoms with Crippen LogP contribution in [0.25, 0.3) is 0 Å². The average molecular weight is 304 g/mol. The molecule has 1 heterocycles. The normalized spacial score (nSPS) is 15.8. The largest absolute Gasteiger partial charge is 0.497 e. The molecular weight excluding hydrogens is 276 g/mol. The van der Waals surface area contributed by atoms with Gasteiger partial charge in [-0.1, -0.05) is 12.1 Å². The molecule has 4 nitrogen and oxygen atoms in total. The van der Waals surface area contributed by atoms with Crippen molar-refractivity contribution in [1.29, 1.82) is 0 Å². The number of carbonyl (C=O) groups excluding carboxylic acids is 1. The van der Waals surface area contributed by atoms with Gasteiger partial charge in [0.2, 0.25) is 5.91 Å². The van der Waals surface area contributed by atoms with Crippen LogP contribution in [0.15, 0.2) is 24.3 Å². The van der Waals surface area contributed by atoms with Gasteiger partial charge in [-0.3, -0.25) is 9.69 Å². The molecular formula is C18H28N2O2. The topological polar surface area (TPSA) is 41.6 Å². The molecule has 0 aliphatic carbocycles. The van der Waals surface area contributed by atoms with E-state index < -0.39 is 0 Å². The molecule has 1 amide bonds. The summed E-state index contributed by atoms with van der Waals surface area (Å²) in [5.41, 5.74) is 1.21. The lowest BCUT2D eigenvalue weighted by molar-refractivity contribution is -0.121. The van der Waals surface area contributed by atoms with Crippen LogP contribution in [-0.2, 0) is 11.2 Å². The second-order valence-corrected chi connectivity index (χ2v) is 6.63. The fourth-order valence-corrected chi connectivity index (χ4v) is 2.89. The zero-order valence-electron chi connectivity index (χ0n) is 14.0. The van der Waals surface area contributed by atoms with Crippen molar-refractivity contribution in [2.24, 2.45) is 0 Å². The van der Waals surface area contributed by atoms with Gasteiger partial charge in [0, 0.05) is 18.5 Å². The third-order valence-electron chi connectivity index (χ3n) is 4.48. The molecule has 0 saturated carbocycles. The first-order valence-corrected chi connectivity index (χ1v) is 8.16. The van der Waals surface area contributed by atoms with Crippen LogP contribution >= 0.6 is 0 Å². The average Bonchev–Trinajstić information content (AvgIpc) is 3.07. The molecule has 1 aromatic rings. The van der Waals surface area contributed by atoms with Gasteiger partial charge in [0.25, 0.3) is 0 Å². The van der Waals surface area contributed by atoms with Crippen molar-refractivity contribution >= 4 is 5.91 Å². The first-order chi connectivity index (χ1) is 10.5. The summed E-state index contributed by atoms with van der Waals surface area (Å²) in [5, 5.41) is 3.09. The molecule has 1 aliphatic heterocycles. The molecule has 0 unspecified atom stereocenters. The van der Waals surface area contributed by atoms with Gasteiger partial charge in [-0.05, 0) is 63.9 Å². The number of nitrogens with zero attached hydrogens (tertiary/aromatic N) is 1. The Morgan fingerprint density at radius 2 is 1.86 bits per heavy atom. The smallest absolute Gasteiger partial charge is 0.220 e. The molecule has 0 radical (unpaired) electrons. The number of benzene rings is 1. The van der Waals surface area contributed by atoms with E-state index in [0.717, 1.165) is 30.8 Å². The second-order valence-electron chi connectivity index (χ2n) is 6.63. The summed E-state index contributed by atoms with van der Waals surface area (Å²) in [6, 6.07) is 7.90. The highest BCUT2D eigenvalue weighted by atomic mass is 16.5. The summed E-state index contributed by atoms with van der Waals surface area (Å²) >= 11 is 0. The predicted molar refractivity (Wildman–Crippen MR) is 89.2 cm³/mol. The quantitative estimate of drug-likeness (QED) is 0.842. The molecule has 1 N–H and O–H groups in total. The van der Waals surface area contributed by atoms with Crippen LogP contribution in [0.3, 0.4) is 0 Å². The Bertz CT molecular complexity index is 476. The van der Waals surface area contributed by atoms with Crippen molar-refractivity contribution in [2.75, 3.05) is 26.7 Å². The number of amides is 1. The van der Waals surface area contributed by atoms with E-state index in [1.807, 2.05) is 24.3 Å². The number of hydrogen-bond donors (Lipinski definition) is 1. The maximum absolute atomic E-state index is 12.0. The van der Waals surface area contributed by atoms with Gasteiger partial charge in [-0.2, -0.15) is 0 Å². The zero-order chi connectivity index (χ0) is 16.0. The van der Waals surface area contributed by atoms with Crippen molar-refractivity contribution < 1.29 is 9.53 Å². The van der Waals surface area contributed by atoms with Gasteiger partial charge in [-0.25, -0.2) is 0 Å². The van der Waals surface area contributed by atoms with Crippen LogP contribution in [0.4, 0.5) is 0 Å². The van der Waals surface area contributed by atoms with E-state index in [2.05, 4.69) is 24.1 Å². The summed E-state index contributed by atoms with van der Waals surface area (Å²) in [7, 11) is 1.66. The number of aryl methyl sites for hydroxylation is 1. The molecule has 0 bridgehead atoms. The molecule has 1 saturated heterocycles. The SMILES string of the molecule is COc1ccc(CCC(=O)NCC(C)(C)N2CCCC2)cc1. The van der Waals surface area contributed by atoms with Gasteiger partial charge >= 0.3 is 0 Å². The standard InChI is InChI=1S/C18H28N2O2/c1-18(2,20-12-4-5-13-20)14-19-17(21)11-8-15-6-9-16(22-3)10-7-15/h6-7,9-10H,4-5,8,11-14H2,1-3H3,(H,19,21). The Balaban J connectivity index is 1.73. The number of carbonyl (C=O) groups is 1. The van der Waals surface area contributed by atoms with Gasteiger partial charge in [0.15, 0.2) is 0 Å². The van der Waals surface area contributed by atoms with Crippen LogP contribution in [0.2, 0.25) is 0 Å². The summed E-state index contributed by atoms with van der Waals surface area (Å²) in [4.78, 5) is 14.5. The van der Waals surface area contributed by atoms with Crippen LogP contribution in [0.1, 0.15) is 38.7 Å². The molecule has 122 valence electrons. The number of rotatable bonds is 7. The molecule has 2 rings (SSSR count). The van der Waals surface area contributed by atoms with Crippen molar-refractivity contribution in [1.82, 2.24) is 10.2 Å². The number of methoxy groups -OCH3 is 1. The third-order valence-corrected chi connectivity index (χ3v) is 4.48.